The van der Waals surface area contributed by atoms with E-state index in [2.05, 4.69) is 26.0 Å². The Morgan fingerprint density at radius 3 is 1.38 bits per heavy atom. The average molecular weight is 891 g/mol. The van der Waals surface area contributed by atoms with Crippen LogP contribution in [0.1, 0.15) is 226 Å². The Morgan fingerprint density at radius 1 is 0.541 bits per heavy atom. The summed E-state index contributed by atoms with van der Waals surface area (Å²) in [7, 11) is -4.60. The summed E-state index contributed by atoms with van der Waals surface area (Å²) in [5, 5.41) is 30.9. The zero-order valence-corrected chi connectivity index (χ0v) is 39.4. The fourth-order valence-electron chi connectivity index (χ4n) is 7.73. The van der Waals surface area contributed by atoms with Crippen molar-refractivity contribution in [2.75, 3.05) is 19.0 Å². The number of rotatable bonds is 42. The average Bonchev–Trinajstić information content (AvgIpc) is 3.22. The highest BCUT2D eigenvalue weighted by Crippen LogP contribution is 2.24. The molecule has 13 heteroatoms. The van der Waals surface area contributed by atoms with E-state index in [0.717, 1.165) is 57.8 Å². The van der Waals surface area contributed by atoms with Gasteiger partial charge in [0.1, 0.15) is 36.8 Å². The van der Waals surface area contributed by atoms with Crippen LogP contribution in [0.25, 0.3) is 0 Å². The molecule has 1 aliphatic heterocycles. The quantitative estimate of drug-likeness (QED) is 0.0197. The fourth-order valence-corrected chi connectivity index (χ4v) is 8.42. The highest BCUT2D eigenvalue weighted by Gasteiger charge is 2.46. The zero-order valence-electron chi connectivity index (χ0n) is 38.5. The Balaban J connectivity index is 2.36. The Bertz CT molecular complexity index is 1180. The Kier molecular flexibility index (Phi) is 36.5. The van der Waals surface area contributed by atoms with Crippen LogP contribution >= 0.6 is 0 Å². The first-order chi connectivity index (χ1) is 29.5. The molecule has 6 atom stereocenters. The van der Waals surface area contributed by atoms with Crippen molar-refractivity contribution < 1.29 is 56.8 Å². The number of hydrogen-bond acceptors (Lipinski definition) is 11. The Morgan fingerprint density at radius 2 is 0.934 bits per heavy atom. The van der Waals surface area contributed by atoms with Gasteiger partial charge in [0.05, 0.1) is 6.61 Å². The van der Waals surface area contributed by atoms with Gasteiger partial charge in [0.2, 0.25) is 0 Å². The van der Waals surface area contributed by atoms with Crippen LogP contribution < -0.4 is 0 Å². The summed E-state index contributed by atoms with van der Waals surface area (Å²) in [5.41, 5.74) is 0. The summed E-state index contributed by atoms with van der Waals surface area (Å²) in [6, 6.07) is 0. The van der Waals surface area contributed by atoms with Crippen LogP contribution in [0.15, 0.2) is 12.2 Å². The third-order valence-electron chi connectivity index (χ3n) is 11.6. The molecule has 0 amide bonds. The second kappa shape index (κ2) is 38.8. The van der Waals surface area contributed by atoms with E-state index in [1.165, 1.54) is 128 Å². The monoisotopic (exact) mass is 891 g/mol. The van der Waals surface area contributed by atoms with E-state index >= 15 is 0 Å². The maximum atomic E-state index is 12.8. The van der Waals surface area contributed by atoms with Crippen molar-refractivity contribution in [2.45, 2.75) is 263 Å². The summed E-state index contributed by atoms with van der Waals surface area (Å²) in [6.07, 6.45) is 32.6. The molecular weight excluding hydrogens is 801 g/mol. The second-order valence-corrected chi connectivity index (χ2v) is 19.0. The SMILES string of the molecule is CCCCCC/C=C\CCCCCCCC(=O)OC(COC(=O)CCCCCCCCCCCCCCCCCCCCCC)COC1OC(CS(=O)(=O)O)C(O)C(O)C1O. The van der Waals surface area contributed by atoms with E-state index in [-0.39, 0.29) is 19.4 Å². The van der Waals surface area contributed by atoms with Crippen LogP contribution in [0.5, 0.6) is 0 Å². The molecule has 0 aromatic rings. The lowest BCUT2D eigenvalue weighted by Crippen LogP contribution is -2.60. The van der Waals surface area contributed by atoms with E-state index in [4.69, 9.17) is 18.9 Å². The molecule has 0 aromatic heterocycles. The predicted octanol–water partition coefficient (Wildman–Crippen LogP) is 10.6. The molecule has 0 spiro atoms. The van der Waals surface area contributed by atoms with Gasteiger partial charge >= 0.3 is 11.9 Å². The van der Waals surface area contributed by atoms with E-state index in [1.807, 2.05) is 0 Å². The summed E-state index contributed by atoms with van der Waals surface area (Å²) in [4.78, 5) is 25.4. The van der Waals surface area contributed by atoms with Crippen LogP contribution in [0.2, 0.25) is 0 Å². The number of aliphatic hydroxyl groups is 3. The van der Waals surface area contributed by atoms with Gasteiger partial charge in [0.15, 0.2) is 12.4 Å². The van der Waals surface area contributed by atoms with E-state index < -0.39 is 71.2 Å². The van der Waals surface area contributed by atoms with Crippen molar-refractivity contribution >= 4 is 22.1 Å². The van der Waals surface area contributed by atoms with Gasteiger partial charge in [-0.15, -0.1) is 0 Å². The lowest BCUT2D eigenvalue weighted by Gasteiger charge is -2.40. The number of unbranched alkanes of at least 4 members (excludes halogenated alkanes) is 28. The van der Waals surface area contributed by atoms with Crippen LogP contribution in [-0.2, 0) is 38.7 Å². The zero-order chi connectivity index (χ0) is 44.8. The molecule has 1 fully saturated rings. The predicted molar refractivity (Wildman–Crippen MR) is 243 cm³/mol. The fraction of sp³-hybridized carbons (Fsp3) is 0.917. The number of aliphatic hydroxyl groups excluding tert-OH is 3. The number of ether oxygens (including phenoxy) is 4. The van der Waals surface area contributed by atoms with Gasteiger partial charge in [-0.1, -0.05) is 187 Å². The molecule has 1 aliphatic rings. The number of hydrogen-bond donors (Lipinski definition) is 4. The molecule has 0 bridgehead atoms. The van der Waals surface area contributed by atoms with Crippen LogP contribution in [0, 0.1) is 0 Å². The van der Waals surface area contributed by atoms with Gasteiger partial charge in [0.25, 0.3) is 10.1 Å². The van der Waals surface area contributed by atoms with Crippen molar-refractivity contribution in [3.63, 3.8) is 0 Å². The normalized spacial score (nSPS) is 20.0. The topological polar surface area (TPSA) is 186 Å². The molecule has 12 nitrogen and oxygen atoms in total. The lowest BCUT2D eigenvalue weighted by atomic mass is 10.00. The second-order valence-electron chi connectivity index (χ2n) is 17.5. The van der Waals surface area contributed by atoms with Gasteiger partial charge in [-0.05, 0) is 38.5 Å². The summed E-state index contributed by atoms with van der Waals surface area (Å²) in [5.74, 6) is -1.98. The van der Waals surface area contributed by atoms with Crippen molar-refractivity contribution in [1.29, 1.82) is 0 Å². The van der Waals surface area contributed by atoms with E-state index in [0.29, 0.717) is 12.8 Å². The maximum absolute atomic E-state index is 12.8. The molecule has 360 valence electrons. The molecule has 61 heavy (non-hydrogen) atoms. The van der Waals surface area contributed by atoms with Crippen LogP contribution in [0.3, 0.4) is 0 Å². The molecule has 0 saturated carbocycles. The third-order valence-corrected chi connectivity index (χ3v) is 12.3. The highest BCUT2D eigenvalue weighted by molar-refractivity contribution is 7.85. The summed E-state index contributed by atoms with van der Waals surface area (Å²) < 4.78 is 54.1. The smallest absolute Gasteiger partial charge is 0.306 e. The van der Waals surface area contributed by atoms with Crippen molar-refractivity contribution in [2.24, 2.45) is 0 Å². The van der Waals surface area contributed by atoms with Gasteiger partial charge < -0.3 is 34.3 Å². The number of carbonyl (C=O) groups excluding carboxylic acids is 2. The van der Waals surface area contributed by atoms with Crippen molar-refractivity contribution in [3.05, 3.63) is 12.2 Å². The van der Waals surface area contributed by atoms with Crippen LogP contribution in [-0.4, -0.2) is 96.0 Å². The molecule has 0 radical (unpaired) electrons. The third kappa shape index (κ3) is 33.6. The highest BCUT2D eigenvalue weighted by atomic mass is 32.2. The van der Waals surface area contributed by atoms with Crippen molar-refractivity contribution in [1.82, 2.24) is 0 Å². The van der Waals surface area contributed by atoms with Gasteiger partial charge in [-0.25, -0.2) is 0 Å². The first-order valence-corrected chi connectivity index (χ1v) is 26.4. The summed E-state index contributed by atoms with van der Waals surface area (Å²) in [6.45, 7) is 3.77. The molecule has 6 unspecified atom stereocenters. The molecule has 1 rings (SSSR count). The van der Waals surface area contributed by atoms with Gasteiger partial charge in [-0.3, -0.25) is 14.1 Å². The van der Waals surface area contributed by atoms with Gasteiger partial charge in [0, 0.05) is 12.8 Å². The number of carbonyl (C=O) groups is 2. The maximum Gasteiger partial charge on any atom is 0.306 e. The van der Waals surface area contributed by atoms with E-state index in [1.54, 1.807) is 0 Å². The molecule has 1 saturated heterocycles. The van der Waals surface area contributed by atoms with E-state index in [9.17, 15) is 37.9 Å². The summed E-state index contributed by atoms with van der Waals surface area (Å²) >= 11 is 0. The number of allylic oxidation sites excluding steroid dienone is 2. The number of esters is 2. The molecular formula is C48H90O12S. The lowest BCUT2D eigenvalue weighted by molar-refractivity contribution is -0.297. The minimum atomic E-state index is -4.60. The molecule has 0 aliphatic carbocycles. The van der Waals surface area contributed by atoms with Crippen molar-refractivity contribution in [3.8, 4) is 0 Å². The van der Waals surface area contributed by atoms with Crippen LogP contribution in [0.4, 0.5) is 0 Å². The van der Waals surface area contributed by atoms with Gasteiger partial charge in [-0.2, -0.15) is 8.42 Å². The molecule has 0 aromatic carbocycles. The largest absolute Gasteiger partial charge is 0.462 e. The minimum Gasteiger partial charge on any atom is -0.462 e. The Hall–Kier alpha value is -1.61. The molecule has 4 N–H and O–H groups in total. The first kappa shape index (κ1) is 57.4. The minimum absolute atomic E-state index is 0.158. The first-order valence-electron chi connectivity index (χ1n) is 24.7. The molecule has 1 heterocycles. The standard InChI is InChI=1S/C48H90O12S/c1-3-5-7-9-11-13-15-17-18-19-20-21-22-23-25-26-28-30-32-34-36-43(49)57-38-41(39-58-48-47(53)46(52)45(51)42(60-48)40-61(54,55)56)59-44(50)37-35-33-31-29-27-24-16-14-12-10-8-6-4-2/h14,16,41-42,45-48,51-53H,3-13,15,17-40H2,1-2H3,(H,54,55,56)/b16-14-. The Labute approximate surface area is 371 Å².